The highest BCUT2D eigenvalue weighted by atomic mass is 16.5. The van der Waals surface area contributed by atoms with Gasteiger partial charge in [0.2, 0.25) is 0 Å². The lowest BCUT2D eigenvalue weighted by Gasteiger charge is -2.04. The van der Waals surface area contributed by atoms with Crippen LogP contribution in [0, 0.1) is 0 Å². The summed E-state index contributed by atoms with van der Waals surface area (Å²) in [7, 11) is 3.22. The molecule has 1 rings (SSSR count). The average molecular weight is 164 g/mol. The molecule has 0 N–H and O–H groups in total. The lowest BCUT2D eigenvalue weighted by molar-refractivity contribution is 0.304. The molecule has 0 aliphatic heterocycles. The van der Waals surface area contributed by atoms with Crippen molar-refractivity contribution in [2.45, 2.75) is 0 Å². The standard InChI is InChI=1S/C10H12O2/c1-11-8-10(12-2)9-6-4-3-5-7-9/h3-8H,1-2H3/b10-8-. The van der Waals surface area contributed by atoms with Crippen LogP contribution in [0.15, 0.2) is 36.6 Å². The predicted octanol–water partition coefficient (Wildman–Crippen LogP) is 2.28. The van der Waals surface area contributed by atoms with E-state index in [4.69, 9.17) is 9.47 Å². The van der Waals surface area contributed by atoms with Crippen LogP contribution in [0.4, 0.5) is 0 Å². The van der Waals surface area contributed by atoms with Crippen LogP contribution >= 0.6 is 0 Å². The fraction of sp³-hybridized carbons (Fsp3) is 0.200. The minimum Gasteiger partial charge on any atom is -0.500 e. The van der Waals surface area contributed by atoms with Gasteiger partial charge in [0.15, 0.2) is 5.76 Å². The third kappa shape index (κ3) is 2.02. The Morgan fingerprint density at radius 3 is 2.33 bits per heavy atom. The van der Waals surface area contributed by atoms with E-state index in [0.29, 0.717) is 0 Å². The molecule has 0 radical (unpaired) electrons. The van der Waals surface area contributed by atoms with Gasteiger partial charge in [-0.3, -0.25) is 0 Å². The highest BCUT2D eigenvalue weighted by Crippen LogP contribution is 2.13. The zero-order chi connectivity index (χ0) is 8.81. The van der Waals surface area contributed by atoms with Crippen molar-refractivity contribution in [2.75, 3.05) is 14.2 Å². The molecule has 2 nitrogen and oxygen atoms in total. The summed E-state index contributed by atoms with van der Waals surface area (Å²) >= 11 is 0. The van der Waals surface area contributed by atoms with E-state index in [0.717, 1.165) is 11.3 Å². The summed E-state index contributed by atoms with van der Waals surface area (Å²) in [6.07, 6.45) is 1.58. The lowest BCUT2D eigenvalue weighted by atomic mass is 10.2. The van der Waals surface area contributed by atoms with Gasteiger partial charge in [0.1, 0.15) is 6.26 Å². The van der Waals surface area contributed by atoms with Crippen LogP contribution in [-0.4, -0.2) is 14.2 Å². The number of methoxy groups -OCH3 is 2. The van der Waals surface area contributed by atoms with Crippen molar-refractivity contribution in [3.63, 3.8) is 0 Å². The molecule has 0 atom stereocenters. The second-order valence-electron chi connectivity index (χ2n) is 2.29. The second kappa shape index (κ2) is 4.44. The monoisotopic (exact) mass is 164 g/mol. The first-order valence-electron chi connectivity index (χ1n) is 3.71. The maximum absolute atomic E-state index is 5.11. The normalized spacial score (nSPS) is 11.0. The summed E-state index contributed by atoms with van der Waals surface area (Å²) in [4.78, 5) is 0. The number of ether oxygens (including phenoxy) is 2. The Morgan fingerprint density at radius 1 is 1.17 bits per heavy atom. The van der Waals surface area contributed by atoms with Crippen molar-refractivity contribution in [1.29, 1.82) is 0 Å². The average Bonchev–Trinajstić information content (AvgIpc) is 2.15. The molecule has 0 fully saturated rings. The fourth-order valence-corrected chi connectivity index (χ4v) is 0.943. The number of rotatable bonds is 3. The molecule has 0 bridgehead atoms. The van der Waals surface area contributed by atoms with E-state index in [2.05, 4.69) is 0 Å². The summed E-state index contributed by atoms with van der Waals surface area (Å²) in [6.45, 7) is 0. The first-order chi connectivity index (χ1) is 5.88. The largest absolute Gasteiger partial charge is 0.500 e. The molecule has 2 heteroatoms. The first-order valence-corrected chi connectivity index (χ1v) is 3.71. The molecule has 1 aromatic carbocycles. The molecule has 0 aromatic heterocycles. The van der Waals surface area contributed by atoms with Gasteiger partial charge in [-0.2, -0.15) is 0 Å². The zero-order valence-corrected chi connectivity index (χ0v) is 7.28. The maximum Gasteiger partial charge on any atom is 0.160 e. The summed E-state index contributed by atoms with van der Waals surface area (Å²) in [6, 6.07) is 9.81. The van der Waals surface area contributed by atoms with Crippen molar-refractivity contribution in [2.24, 2.45) is 0 Å². The van der Waals surface area contributed by atoms with E-state index < -0.39 is 0 Å². The van der Waals surface area contributed by atoms with Crippen LogP contribution in [0.5, 0.6) is 0 Å². The fourth-order valence-electron chi connectivity index (χ4n) is 0.943. The van der Waals surface area contributed by atoms with E-state index in [1.807, 2.05) is 30.3 Å². The van der Waals surface area contributed by atoms with Crippen LogP contribution in [0.3, 0.4) is 0 Å². The van der Waals surface area contributed by atoms with E-state index in [1.54, 1.807) is 20.5 Å². The number of benzene rings is 1. The Labute approximate surface area is 72.4 Å². The molecule has 0 spiro atoms. The van der Waals surface area contributed by atoms with Gasteiger partial charge in [-0.1, -0.05) is 30.3 Å². The Kier molecular flexibility index (Phi) is 3.20. The zero-order valence-electron chi connectivity index (χ0n) is 7.28. The Morgan fingerprint density at radius 2 is 1.83 bits per heavy atom. The van der Waals surface area contributed by atoms with E-state index in [9.17, 15) is 0 Å². The summed E-state index contributed by atoms with van der Waals surface area (Å²) < 4.78 is 9.98. The van der Waals surface area contributed by atoms with Crippen LogP contribution in [0.2, 0.25) is 0 Å². The molecule has 0 amide bonds. The van der Waals surface area contributed by atoms with Crippen molar-refractivity contribution in [1.82, 2.24) is 0 Å². The molecule has 1 aromatic rings. The Balaban J connectivity index is 2.88. The molecule has 0 saturated heterocycles. The lowest BCUT2D eigenvalue weighted by Crippen LogP contribution is -1.87. The van der Waals surface area contributed by atoms with E-state index >= 15 is 0 Å². The van der Waals surface area contributed by atoms with E-state index in [-0.39, 0.29) is 0 Å². The topological polar surface area (TPSA) is 18.5 Å². The van der Waals surface area contributed by atoms with E-state index in [1.165, 1.54) is 0 Å². The summed E-state index contributed by atoms with van der Waals surface area (Å²) in [5.41, 5.74) is 1.02. The maximum atomic E-state index is 5.11. The molecule has 0 aliphatic rings. The van der Waals surface area contributed by atoms with Crippen LogP contribution < -0.4 is 0 Å². The van der Waals surface area contributed by atoms with Gasteiger partial charge >= 0.3 is 0 Å². The second-order valence-corrected chi connectivity index (χ2v) is 2.29. The highest BCUT2D eigenvalue weighted by molar-refractivity contribution is 5.58. The molecule has 0 saturated carbocycles. The highest BCUT2D eigenvalue weighted by Gasteiger charge is 1.98. The van der Waals surface area contributed by atoms with Gasteiger partial charge in [-0.05, 0) is 0 Å². The third-order valence-corrected chi connectivity index (χ3v) is 1.50. The Bertz CT molecular complexity index is 252. The minimum atomic E-state index is 0.734. The minimum absolute atomic E-state index is 0.734. The third-order valence-electron chi connectivity index (χ3n) is 1.50. The van der Waals surface area contributed by atoms with Gasteiger partial charge in [0, 0.05) is 5.56 Å². The van der Waals surface area contributed by atoms with Crippen molar-refractivity contribution < 1.29 is 9.47 Å². The van der Waals surface area contributed by atoms with Crippen LogP contribution in [-0.2, 0) is 9.47 Å². The van der Waals surface area contributed by atoms with Crippen molar-refractivity contribution in [3.8, 4) is 0 Å². The summed E-state index contributed by atoms with van der Waals surface area (Å²) in [5, 5.41) is 0. The van der Waals surface area contributed by atoms with Gasteiger partial charge < -0.3 is 9.47 Å². The van der Waals surface area contributed by atoms with Gasteiger partial charge in [0.25, 0.3) is 0 Å². The van der Waals surface area contributed by atoms with Crippen molar-refractivity contribution >= 4 is 5.76 Å². The predicted molar refractivity (Wildman–Crippen MR) is 48.4 cm³/mol. The van der Waals surface area contributed by atoms with Gasteiger partial charge in [-0.15, -0.1) is 0 Å². The summed E-state index contributed by atoms with van der Waals surface area (Å²) in [5.74, 6) is 0.734. The first kappa shape index (κ1) is 8.65. The van der Waals surface area contributed by atoms with Crippen LogP contribution in [0.25, 0.3) is 5.76 Å². The molecule has 64 valence electrons. The molecule has 12 heavy (non-hydrogen) atoms. The number of hydrogen-bond donors (Lipinski definition) is 0. The smallest absolute Gasteiger partial charge is 0.160 e. The van der Waals surface area contributed by atoms with Gasteiger partial charge in [0.05, 0.1) is 14.2 Å². The molecular formula is C10H12O2. The van der Waals surface area contributed by atoms with Gasteiger partial charge in [-0.25, -0.2) is 0 Å². The SMILES string of the molecule is CO/C=C(\OC)c1ccccc1. The molecular weight excluding hydrogens is 152 g/mol. The van der Waals surface area contributed by atoms with Crippen molar-refractivity contribution in [3.05, 3.63) is 42.2 Å². The number of hydrogen-bond acceptors (Lipinski definition) is 2. The molecule has 0 aliphatic carbocycles. The molecule has 0 heterocycles. The molecule has 0 unspecified atom stereocenters. The quantitative estimate of drug-likeness (QED) is 0.638. The van der Waals surface area contributed by atoms with Crippen LogP contribution in [0.1, 0.15) is 5.56 Å². The Hall–Kier alpha value is -1.44.